The fourth-order valence-corrected chi connectivity index (χ4v) is 1.37. The predicted molar refractivity (Wildman–Crippen MR) is 59.1 cm³/mol. The monoisotopic (exact) mass is 270 g/mol. The van der Waals surface area contributed by atoms with E-state index in [-0.39, 0.29) is 21.1 Å². The van der Waals surface area contributed by atoms with E-state index in [9.17, 15) is 0 Å². The third-order valence-corrected chi connectivity index (χ3v) is 2.43. The molecule has 15 heavy (non-hydrogen) atoms. The van der Waals surface area contributed by atoms with E-state index in [1.807, 2.05) is 6.92 Å². The van der Waals surface area contributed by atoms with Crippen LogP contribution in [0.3, 0.4) is 0 Å². The minimum absolute atomic E-state index is 0.0625. The summed E-state index contributed by atoms with van der Waals surface area (Å²) in [6.45, 7) is 3.30. The maximum absolute atomic E-state index is 5.83. The summed E-state index contributed by atoms with van der Waals surface area (Å²) in [5.74, 6) is 0.234. The van der Waals surface area contributed by atoms with E-state index in [0.29, 0.717) is 19.8 Å². The molecule has 84 valence electrons. The third-order valence-electron chi connectivity index (χ3n) is 1.47. The zero-order valence-corrected chi connectivity index (χ0v) is 10.2. The molecule has 1 heterocycles. The van der Waals surface area contributed by atoms with Crippen LogP contribution >= 0.6 is 34.8 Å². The van der Waals surface area contributed by atoms with Crippen LogP contribution < -0.4 is 4.74 Å². The lowest BCUT2D eigenvalue weighted by Gasteiger charge is -2.08. The first-order valence-electron chi connectivity index (χ1n) is 4.24. The van der Waals surface area contributed by atoms with Gasteiger partial charge in [0.2, 0.25) is 0 Å². The lowest BCUT2D eigenvalue weighted by atomic mass is 10.5. The first kappa shape index (κ1) is 12.8. The maximum Gasteiger partial charge on any atom is 0.195 e. The van der Waals surface area contributed by atoms with Crippen molar-refractivity contribution in [2.75, 3.05) is 19.8 Å². The van der Waals surface area contributed by atoms with Gasteiger partial charge in [-0.1, -0.05) is 34.8 Å². The van der Waals surface area contributed by atoms with Crippen molar-refractivity contribution in [3.05, 3.63) is 15.3 Å². The van der Waals surface area contributed by atoms with E-state index in [0.717, 1.165) is 0 Å². The van der Waals surface area contributed by atoms with Gasteiger partial charge in [0, 0.05) is 6.61 Å². The number of hydrogen-bond donors (Lipinski definition) is 0. The Morgan fingerprint density at radius 2 is 1.73 bits per heavy atom. The van der Waals surface area contributed by atoms with Crippen LogP contribution in [-0.2, 0) is 4.74 Å². The highest BCUT2D eigenvalue weighted by Crippen LogP contribution is 2.34. The van der Waals surface area contributed by atoms with Crippen LogP contribution in [0.15, 0.2) is 0 Å². The molecular weight excluding hydrogens is 262 g/mol. The quantitative estimate of drug-likeness (QED) is 0.773. The van der Waals surface area contributed by atoms with E-state index in [1.54, 1.807) is 0 Å². The Kier molecular flexibility index (Phi) is 5.39. The van der Waals surface area contributed by atoms with Crippen LogP contribution in [0.1, 0.15) is 6.92 Å². The highest BCUT2D eigenvalue weighted by molar-refractivity contribution is 6.43. The molecule has 0 radical (unpaired) electrons. The van der Waals surface area contributed by atoms with Gasteiger partial charge in [0.05, 0.1) is 6.61 Å². The molecule has 0 N–H and O–H groups in total. The smallest absolute Gasteiger partial charge is 0.195 e. The standard InChI is InChI=1S/C8H9Cl3N2O2/c1-2-14-3-4-15-6-5(9)7(10)12-13-8(6)11/h2-4H2,1H3. The second-order valence-corrected chi connectivity index (χ2v) is 3.56. The second kappa shape index (κ2) is 6.33. The van der Waals surface area contributed by atoms with Gasteiger partial charge in [-0.15, -0.1) is 10.2 Å². The molecule has 0 aromatic carbocycles. The molecule has 0 unspecified atom stereocenters. The summed E-state index contributed by atoms with van der Waals surface area (Å²) >= 11 is 17.2. The van der Waals surface area contributed by atoms with Gasteiger partial charge in [0.1, 0.15) is 11.6 Å². The normalized spacial score (nSPS) is 10.4. The van der Waals surface area contributed by atoms with Crippen molar-refractivity contribution in [1.82, 2.24) is 10.2 Å². The van der Waals surface area contributed by atoms with Gasteiger partial charge in [0.15, 0.2) is 16.1 Å². The topological polar surface area (TPSA) is 44.2 Å². The van der Waals surface area contributed by atoms with Crippen LogP contribution in [-0.4, -0.2) is 30.0 Å². The van der Waals surface area contributed by atoms with Crippen LogP contribution in [0.5, 0.6) is 5.75 Å². The lowest BCUT2D eigenvalue weighted by molar-refractivity contribution is 0.110. The number of rotatable bonds is 5. The molecule has 1 rings (SSSR count). The molecule has 4 nitrogen and oxygen atoms in total. The van der Waals surface area contributed by atoms with Crippen molar-refractivity contribution in [3.8, 4) is 5.75 Å². The SMILES string of the molecule is CCOCCOc1c(Cl)nnc(Cl)c1Cl. The van der Waals surface area contributed by atoms with Crippen molar-refractivity contribution >= 4 is 34.8 Å². The Morgan fingerprint density at radius 3 is 2.40 bits per heavy atom. The molecular formula is C8H9Cl3N2O2. The van der Waals surface area contributed by atoms with Crippen LogP contribution in [0, 0.1) is 0 Å². The van der Waals surface area contributed by atoms with Gasteiger partial charge >= 0.3 is 0 Å². The average molecular weight is 272 g/mol. The van der Waals surface area contributed by atoms with Crippen molar-refractivity contribution in [3.63, 3.8) is 0 Å². The largest absolute Gasteiger partial charge is 0.486 e. The molecule has 1 aromatic rings. The number of aromatic nitrogens is 2. The molecule has 0 fully saturated rings. The molecule has 7 heteroatoms. The molecule has 0 aliphatic heterocycles. The number of hydrogen-bond acceptors (Lipinski definition) is 4. The molecule has 1 aromatic heterocycles. The van der Waals surface area contributed by atoms with Gasteiger partial charge in [-0.05, 0) is 6.92 Å². The van der Waals surface area contributed by atoms with Crippen molar-refractivity contribution in [2.45, 2.75) is 6.92 Å². The molecule has 0 saturated heterocycles. The first-order valence-corrected chi connectivity index (χ1v) is 5.38. The van der Waals surface area contributed by atoms with Gasteiger partial charge < -0.3 is 9.47 Å². The minimum atomic E-state index is 0.0625. The molecule has 0 aliphatic rings. The van der Waals surface area contributed by atoms with Crippen molar-refractivity contribution in [2.24, 2.45) is 0 Å². The first-order chi connectivity index (χ1) is 7.16. The zero-order valence-electron chi connectivity index (χ0n) is 7.97. The van der Waals surface area contributed by atoms with Crippen LogP contribution in [0.4, 0.5) is 0 Å². The average Bonchev–Trinajstić information content (AvgIpc) is 2.23. The molecule has 0 spiro atoms. The minimum Gasteiger partial charge on any atom is -0.486 e. The molecule has 0 amide bonds. The van der Waals surface area contributed by atoms with E-state index in [2.05, 4.69) is 10.2 Å². The Balaban J connectivity index is 2.63. The van der Waals surface area contributed by atoms with E-state index in [4.69, 9.17) is 44.3 Å². The van der Waals surface area contributed by atoms with Crippen LogP contribution in [0.25, 0.3) is 0 Å². The summed E-state index contributed by atoms with van der Waals surface area (Å²) < 4.78 is 10.4. The molecule has 0 saturated carbocycles. The van der Waals surface area contributed by atoms with Gasteiger partial charge in [0.25, 0.3) is 0 Å². The summed E-state index contributed by atoms with van der Waals surface area (Å²) in [5, 5.41) is 7.40. The molecule has 0 atom stereocenters. The fraction of sp³-hybridized carbons (Fsp3) is 0.500. The summed E-state index contributed by atoms with van der Waals surface area (Å²) in [4.78, 5) is 0. The molecule has 0 aliphatic carbocycles. The highest BCUT2D eigenvalue weighted by Gasteiger charge is 2.13. The van der Waals surface area contributed by atoms with Crippen LogP contribution in [0.2, 0.25) is 15.3 Å². The predicted octanol–water partition coefficient (Wildman–Crippen LogP) is 2.85. The fourth-order valence-electron chi connectivity index (χ4n) is 0.831. The maximum atomic E-state index is 5.83. The van der Waals surface area contributed by atoms with Gasteiger partial charge in [-0.2, -0.15) is 0 Å². The molecule has 0 bridgehead atoms. The number of ether oxygens (including phenoxy) is 2. The second-order valence-electron chi connectivity index (χ2n) is 2.47. The Hall–Kier alpha value is -0.290. The van der Waals surface area contributed by atoms with E-state index >= 15 is 0 Å². The Bertz CT molecular complexity index is 336. The highest BCUT2D eigenvalue weighted by atomic mass is 35.5. The number of halogens is 3. The van der Waals surface area contributed by atoms with Crippen molar-refractivity contribution < 1.29 is 9.47 Å². The van der Waals surface area contributed by atoms with Gasteiger partial charge in [-0.3, -0.25) is 0 Å². The summed E-state index contributed by atoms with van der Waals surface area (Å²) in [6.07, 6.45) is 0. The van der Waals surface area contributed by atoms with E-state index in [1.165, 1.54) is 0 Å². The zero-order chi connectivity index (χ0) is 11.3. The Morgan fingerprint density at radius 1 is 1.07 bits per heavy atom. The number of nitrogens with zero attached hydrogens (tertiary/aromatic N) is 2. The van der Waals surface area contributed by atoms with Crippen molar-refractivity contribution in [1.29, 1.82) is 0 Å². The Labute approximate surface area is 102 Å². The summed E-state index contributed by atoms with van der Waals surface area (Å²) in [5.41, 5.74) is 0. The van der Waals surface area contributed by atoms with Gasteiger partial charge in [-0.25, -0.2) is 0 Å². The third kappa shape index (κ3) is 3.65. The van der Waals surface area contributed by atoms with E-state index < -0.39 is 0 Å². The lowest BCUT2D eigenvalue weighted by Crippen LogP contribution is -2.07. The summed E-state index contributed by atoms with van der Waals surface area (Å²) in [6, 6.07) is 0. The summed E-state index contributed by atoms with van der Waals surface area (Å²) in [7, 11) is 0.